The lowest BCUT2D eigenvalue weighted by atomic mass is 10.2. The molecular formula is C14H23NO5S. The van der Waals surface area contributed by atoms with Crippen LogP contribution in [0.3, 0.4) is 0 Å². The Kier molecular flexibility index (Phi) is 8.24. The number of nitrogens with one attached hydrogen (secondary N) is 1. The predicted octanol–water partition coefficient (Wildman–Crippen LogP) is 1.46. The van der Waals surface area contributed by atoms with Gasteiger partial charge in [0, 0.05) is 17.7 Å². The first-order chi connectivity index (χ1) is 9.57. The van der Waals surface area contributed by atoms with Crippen LogP contribution in [-0.2, 0) is 23.9 Å². The predicted molar refractivity (Wildman–Crippen MR) is 80.8 cm³/mol. The highest BCUT2D eigenvalue weighted by molar-refractivity contribution is 8.16. The molecule has 0 aliphatic carbocycles. The first-order valence-electron chi connectivity index (χ1n) is 6.79. The monoisotopic (exact) mass is 317 g/mol. The topological polar surface area (TPSA) is 89.5 Å². The smallest absolute Gasteiger partial charge is 0.314 e. The molecule has 1 amide bonds. The molecule has 0 atom stereocenters. The van der Waals surface area contributed by atoms with Crippen molar-refractivity contribution in [1.29, 1.82) is 0 Å². The van der Waals surface area contributed by atoms with Crippen molar-refractivity contribution in [1.82, 2.24) is 5.32 Å². The van der Waals surface area contributed by atoms with Crippen molar-refractivity contribution in [3.05, 3.63) is 0 Å². The molecule has 0 aromatic carbocycles. The minimum Gasteiger partial charge on any atom is -0.463 e. The Hall–Kier alpha value is -1.37. The van der Waals surface area contributed by atoms with Crippen molar-refractivity contribution in [2.75, 3.05) is 6.54 Å². The summed E-state index contributed by atoms with van der Waals surface area (Å²) in [5.74, 6) is -1.62. The van der Waals surface area contributed by atoms with E-state index in [0.29, 0.717) is 6.42 Å². The van der Waals surface area contributed by atoms with Gasteiger partial charge >= 0.3 is 5.97 Å². The standard InChI is InChI=1S/C14H23NO5S/c1-6-11(17)15-8-14(4,5)21-13(19)10(16)7-12(18)20-9(2)3/h9H,6-8H2,1-5H3,(H,15,17). The maximum absolute atomic E-state index is 11.8. The maximum Gasteiger partial charge on any atom is 0.314 e. The van der Waals surface area contributed by atoms with Crippen molar-refractivity contribution >= 4 is 34.5 Å². The van der Waals surface area contributed by atoms with Gasteiger partial charge in [-0.25, -0.2) is 0 Å². The van der Waals surface area contributed by atoms with Gasteiger partial charge < -0.3 is 10.1 Å². The van der Waals surface area contributed by atoms with Crippen LogP contribution in [0.4, 0.5) is 0 Å². The molecule has 0 fully saturated rings. The van der Waals surface area contributed by atoms with Gasteiger partial charge in [-0.15, -0.1) is 0 Å². The van der Waals surface area contributed by atoms with Gasteiger partial charge in [0.25, 0.3) is 5.12 Å². The molecule has 0 aromatic rings. The molecule has 120 valence electrons. The minimum atomic E-state index is -0.791. The van der Waals surface area contributed by atoms with E-state index in [1.54, 1.807) is 34.6 Å². The number of thioether (sulfide) groups is 1. The average Bonchev–Trinajstić information content (AvgIpc) is 2.34. The fraction of sp³-hybridized carbons (Fsp3) is 0.714. The molecule has 0 saturated heterocycles. The van der Waals surface area contributed by atoms with Crippen molar-refractivity contribution in [3.63, 3.8) is 0 Å². The van der Waals surface area contributed by atoms with Crippen LogP contribution >= 0.6 is 11.8 Å². The highest BCUT2D eigenvalue weighted by Gasteiger charge is 2.28. The minimum absolute atomic E-state index is 0.122. The number of carbonyl (C=O) groups excluding carboxylic acids is 4. The number of ketones is 1. The Morgan fingerprint density at radius 2 is 1.76 bits per heavy atom. The molecule has 0 aromatic heterocycles. The Balaban J connectivity index is 4.35. The zero-order valence-electron chi connectivity index (χ0n) is 13.1. The Bertz CT molecular complexity index is 418. The van der Waals surface area contributed by atoms with Gasteiger partial charge in [-0.05, 0) is 27.7 Å². The lowest BCUT2D eigenvalue weighted by molar-refractivity contribution is -0.150. The van der Waals surface area contributed by atoms with Crippen LogP contribution in [-0.4, -0.2) is 40.2 Å². The van der Waals surface area contributed by atoms with E-state index in [2.05, 4.69) is 5.32 Å². The van der Waals surface area contributed by atoms with Crippen molar-refractivity contribution < 1.29 is 23.9 Å². The molecule has 0 aliphatic rings. The van der Waals surface area contributed by atoms with Gasteiger partial charge in [0.15, 0.2) is 0 Å². The van der Waals surface area contributed by atoms with Crippen molar-refractivity contribution in [2.45, 2.75) is 58.3 Å². The number of Topliss-reactive ketones (excluding diaryl/α,β-unsaturated/α-hetero) is 1. The third-order valence-electron chi connectivity index (χ3n) is 2.30. The van der Waals surface area contributed by atoms with E-state index in [0.717, 1.165) is 11.8 Å². The lowest BCUT2D eigenvalue weighted by Gasteiger charge is -2.22. The van der Waals surface area contributed by atoms with Gasteiger partial charge in [0.05, 0.1) is 6.10 Å². The van der Waals surface area contributed by atoms with E-state index < -0.39 is 28.0 Å². The molecule has 0 heterocycles. The number of hydrogen-bond acceptors (Lipinski definition) is 6. The Labute approximate surface area is 129 Å². The number of carbonyl (C=O) groups is 4. The average molecular weight is 317 g/mol. The molecule has 0 rings (SSSR count). The van der Waals surface area contributed by atoms with E-state index in [9.17, 15) is 19.2 Å². The summed E-state index contributed by atoms with van der Waals surface area (Å²) >= 11 is 0.812. The molecule has 0 radical (unpaired) electrons. The molecule has 7 heteroatoms. The summed E-state index contributed by atoms with van der Waals surface area (Å²) in [6.07, 6.45) is -0.524. The molecule has 0 spiro atoms. The van der Waals surface area contributed by atoms with E-state index in [1.165, 1.54) is 0 Å². The summed E-state index contributed by atoms with van der Waals surface area (Å²) in [6.45, 7) is 8.80. The highest BCUT2D eigenvalue weighted by atomic mass is 32.2. The molecule has 0 unspecified atom stereocenters. The van der Waals surface area contributed by atoms with Crippen LogP contribution in [0.1, 0.15) is 47.5 Å². The first-order valence-corrected chi connectivity index (χ1v) is 7.61. The Morgan fingerprint density at radius 3 is 2.24 bits per heavy atom. The summed E-state index contributed by atoms with van der Waals surface area (Å²) in [4.78, 5) is 46.0. The number of esters is 1. The fourth-order valence-electron chi connectivity index (χ4n) is 1.29. The summed E-state index contributed by atoms with van der Waals surface area (Å²) in [5, 5.41) is 1.97. The van der Waals surface area contributed by atoms with Crippen LogP contribution in [0.15, 0.2) is 0 Å². The largest absolute Gasteiger partial charge is 0.463 e. The van der Waals surface area contributed by atoms with E-state index in [1.807, 2.05) is 0 Å². The third kappa shape index (κ3) is 9.23. The number of amides is 1. The van der Waals surface area contributed by atoms with Crippen molar-refractivity contribution in [3.8, 4) is 0 Å². The maximum atomic E-state index is 11.8. The fourth-order valence-corrected chi connectivity index (χ4v) is 2.12. The normalized spacial score (nSPS) is 11.1. The zero-order chi connectivity index (χ0) is 16.6. The molecule has 6 nitrogen and oxygen atoms in total. The third-order valence-corrected chi connectivity index (χ3v) is 3.41. The van der Waals surface area contributed by atoms with Gasteiger partial charge in [0.2, 0.25) is 11.7 Å². The van der Waals surface area contributed by atoms with Gasteiger partial charge in [-0.2, -0.15) is 0 Å². The highest BCUT2D eigenvalue weighted by Crippen LogP contribution is 2.25. The zero-order valence-corrected chi connectivity index (χ0v) is 14.0. The van der Waals surface area contributed by atoms with E-state index in [4.69, 9.17) is 4.74 Å². The molecule has 0 bridgehead atoms. The summed E-state index contributed by atoms with van der Waals surface area (Å²) in [6, 6.07) is 0. The number of hydrogen-bond donors (Lipinski definition) is 1. The molecule has 21 heavy (non-hydrogen) atoms. The van der Waals surface area contributed by atoms with Crippen LogP contribution in [0, 0.1) is 0 Å². The number of ether oxygens (including phenoxy) is 1. The van der Waals surface area contributed by atoms with Gasteiger partial charge in [-0.1, -0.05) is 18.7 Å². The van der Waals surface area contributed by atoms with Gasteiger partial charge in [0.1, 0.15) is 6.42 Å². The van der Waals surface area contributed by atoms with E-state index in [-0.39, 0.29) is 18.6 Å². The molecule has 0 aliphatic heterocycles. The van der Waals surface area contributed by atoms with Gasteiger partial charge in [-0.3, -0.25) is 19.2 Å². The molecule has 1 N–H and O–H groups in total. The first kappa shape index (κ1) is 19.6. The summed E-state index contributed by atoms with van der Waals surface area (Å²) in [5.41, 5.74) is 0. The van der Waals surface area contributed by atoms with Crippen molar-refractivity contribution in [2.24, 2.45) is 0 Å². The Morgan fingerprint density at radius 1 is 1.19 bits per heavy atom. The van der Waals surface area contributed by atoms with Crippen LogP contribution in [0.25, 0.3) is 0 Å². The van der Waals surface area contributed by atoms with Crippen LogP contribution < -0.4 is 5.32 Å². The number of rotatable bonds is 8. The molecule has 0 saturated carbocycles. The van der Waals surface area contributed by atoms with Crippen LogP contribution in [0.5, 0.6) is 0 Å². The quantitative estimate of drug-likeness (QED) is 0.414. The van der Waals surface area contributed by atoms with E-state index >= 15 is 0 Å². The van der Waals surface area contributed by atoms with Crippen LogP contribution in [0.2, 0.25) is 0 Å². The second kappa shape index (κ2) is 8.81. The second-order valence-corrected chi connectivity index (χ2v) is 7.10. The summed E-state index contributed by atoms with van der Waals surface area (Å²) in [7, 11) is 0. The SMILES string of the molecule is CCC(=O)NCC(C)(C)SC(=O)C(=O)CC(=O)OC(C)C. The second-order valence-electron chi connectivity index (χ2n) is 5.42. The lowest BCUT2D eigenvalue weighted by Crippen LogP contribution is -2.37. The summed E-state index contributed by atoms with van der Waals surface area (Å²) < 4.78 is 4.19. The molecular weight excluding hydrogens is 294 g/mol.